The van der Waals surface area contributed by atoms with Crippen molar-refractivity contribution in [3.05, 3.63) is 35.6 Å². The number of nitrogens with one attached hydrogen (secondary N) is 1. The number of ether oxygens (including phenoxy) is 2. The minimum atomic E-state index is -0.579. The Morgan fingerprint density at radius 3 is 2.44 bits per heavy atom. The lowest BCUT2D eigenvalue weighted by molar-refractivity contribution is -0.0479. The standard InChI is InChI=1S/C13H18FNO3/c1-13(18-3,9-17-2)8-15-12(16)10-4-6-11(14)7-5-10/h4-7H,8-9H2,1-3H3,(H,15,16)/t13-/m1/s1. The van der Waals surface area contributed by atoms with Crippen molar-refractivity contribution in [1.29, 1.82) is 0 Å². The highest BCUT2D eigenvalue weighted by Crippen LogP contribution is 2.09. The summed E-state index contributed by atoms with van der Waals surface area (Å²) in [6.07, 6.45) is 0. The lowest BCUT2D eigenvalue weighted by Crippen LogP contribution is -2.45. The summed E-state index contributed by atoms with van der Waals surface area (Å²) in [5, 5.41) is 2.73. The summed E-state index contributed by atoms with van der Waals surface area (Å²) in [6, 6.07) is 5.37. The van der Waals surface area contributed by atoms with Crippen molar-refractivity contribution < 1.29 is 18.7 Å². The third-order valence-electron chi connectivity index (χ3n) is 2.67. The van der Waals surface area contributed by atoms with Gasteiger partial charge >= 0.3 is 0 Å². The zero-order chi connectivity index (χ0) is 13.6. The van der Waals surface area contributed by atoms with Crippen molar-refractivity contribution in [2.45, 2.75) is 12.5 Å². The average molecular weight is 255 g/mol. The Kier molecular flexibility index (Phi) is 5.25. The largest absolute Gasteiger partial charge is 0.382 e. The summed E-state index contributed by atoms with van der Waals surface area (Å²) < 4.78 is 23.0. The first-order chi connectivity index (χ1) is 8.50. The van der Waals surface area contributed by atoms with E-state index in [0.717, 1.165) is 0 Å². The minimum Gasteiger partial charge on any atom is -0.382 e. The van der Waals surface area contributed by atoms with Gasteiger partial charge in [0, 0.05) is 26.3 Å². The van der Waals surface area contributed by atoms with Crippen LogP contribution in [0.5, 0.6) is 0 Å². The van der Waals surface area contributed by atoms with Crippen molar-refractivity contribution in [3.63, 3.8) is 0 Å². The van der Waals surface area contributed by atoms with Crippen LogP contribution >= 0.6 is 0 Å². The van der Waals surface area contributed by atoms with E-state index in [1.807, 2.05) is 6.92 Å². The van der Waals surface area contributed by atoms with Gasteiger partial charge in [-0.1, -0.05) is 0 Å². The van der Waals surface area contributed by atoms with Crippen molar-refractivity contribution in [2.24, 2.45) is 0 Å². The predicted molar refractivity (Wildman–Crippen MR) is 66.0 cm³/mol. The second kappa shape index (κ2) is 6.47. The van der Waals surface area contributed by atoms with E-state index in [1.165, 1.54) is 24.3 Å². The molecule has 1 amide bonds. The van der Waals surface area contributed by atoms with Crippen LogP contribution in [0, 0.1) is 5.82 Å². The molecule has 0 unspecified atom stereocenters. The zero-order valence-corrected chi connectivity index (χ0v) is 10.8. The maximum atomic E-state index is 12.7. The molecule has 100 valence electrons. The molecule has 1 rings (SSSR count). The topological polar surface area (TPSA) is 47.6 Å². The van der Waals surface area contributed by atoms with E-state index in [1.54, 1.807) is 14.2 Å². The van der Waals surface area contributed by atoms with Gasteiger partial charge in [-0.05, 0) is 31.2 Å². The summed E-state index contributed by atoms with van der Waals surface area (Å²) in [5.41, 5.74) is -0.169. The normalized spacial score (nSPS) is 14.0. The maximum absolute atomic E-state index is 12.7. The van der Waals surface area contributed by atoms with E-state index >= 15 is 0 Å². The number of methoxy groups -OCH3 is 2. The lowest BCUT2D eigenvalue weighted by atomic mass is 10.1. The van der Waals surface area contributed by atoms with Gasteiger partial charge in [0.15, 0.2) is 0 Å². The summed E-state index contributed by atoms with van der Waals surface area (Å²) in [4.78, 5) is 11.8. The first-order valence-corrected chi connectivity index (χ1v) is 5.58. The van der Waals surface area contributed by atoms with Gasteiger partial charge in [0.1, 0.15) is 11.4 Å². The van der Waals surface area contributed by atoms with E-state index < -0.39 is 5.60 Å². The second-order valence-electron chi connectivity index (χ2n) is 4.28. The number of amides is 1. The molecule has 1 atom stereocenters. The van der Waals surface area contributed by atoms with Gasteiger partial charge in [-0.15, -0.1) is 0 Å². The third-order valence-corrected chi connectivity index (χ3v) is 2.67. The Hall–Kier alpha value is -1.46. The van der Waals surface area contributed by atoms with Gasteiger partial charge in [-0.2, -0.15) is 0 Å². The molecule has 0 aliphatic carbocycles. The molecular weight excluding hydrogens is 237 g/mol. The Morgan fingerprint density at radius 1 is 1.33 bits per heavy atom. The molecule has 0 aliphatic rings. The number of hydrogen-bond donors (Lipinski definition) is 1. The van der Waals surface area contributed by atoms with Crippen LogP contribution in [0.1, 0.15) is 17.3 Å². The molecule has 0 saturated carbocycles. The molecule has 4 nitrogen and oxygen atoms in total. The number of benzene rings is 1. The van der Waals surface area contributed by atoms with Crippen LogP contribution in [0.3, 0.4) is 0 Å². The van der Waals surface area contributed by atoms with Gasteiger partial charge in [0.2, 0.25) is 0 Å². The second-order valence-corrected chi connectivity index (χ2v) is 4.28. The SMILES string of the molecule is COC[C@@](C)(CNC(=O)c1ccc(F)cc1)OC. The van der Waals surface area contributed by atoms with Crippen LogP contribution in [0.2, 0.25) is 0 Å². The average Bonchev–Trinajstić information content (AvgIpc) is 2.37. The quantitative estimate of drug-likeness (QED) is 0.840. The summed E-state index contributed by atoms with van der Waals surface area (Å²) in [7, 11) is 3.13. The van der Waals surface area contributed by atoms with Crippen molar-refractivity contribution in [3.8, 4) is 0 Å². The number of carbonyl (C=O) groups excluding carboxylic acids is 1. The van der Waals surface area contributed by atoms with Crippen molar-refractivity contribution in [2.75, 3.05) is 27.4 Å². The lowest BCUT2D eigenvalue weighted by Gasteiger charge is -2.27. The molecule has 1 aromatic carbocycles. The highest BCUT2D eigenvalue weighted by molar-refractivity contribution is 5.94. The molecule has 1 aromatic rings. The number of carbonyl (C=O) groups is 1. The molecular formula is C13H18FNO3. The molecule has 0 fully saturated rings. The van der Waals surface area contributed by atoms with Gasteiger partial charge in [0.25, 0.3) is 5.91 Å². The van der Waals surface area contributed by atoms with Gasteiger partial charge < -0.3 is 14.8 Å². The molecule has 0 bridgehead atoms. The van der Waals surface area contributed by atoms with Crippen LogP contribution in [0.25, 0.3) is 0 Å². The Bertz CT molecular complexity index is 394. The molecule has 0 radical (unpaired) electrons. The van der Waals surface area contributed by atoms with Gasteiger partial charge in [-0.25, -0.2) is 4.39 Å². The van der Waals surface area contributed by atoms with Crippen LogP contribution in [0.4, 0.5) is 4.39 Å². The Balaban J connectivity index is 2.57. The monoisotopic (exact) mass is 255 g/mol. The van der Waals surface area contributed by atoms with Crippen LogP contribution < -0.4 is 5.32 Å². The van der Waals surface area contributed by atoms with Crippen molar-refractivity contribution in [1.82, 2.24) is 5.32 Å². The number of halogens is 1. The first-order valence-electron chi connectivity index (χ1n) is 5.58. The molecule has 0 aromatic heterocycles. The van der Waals surface area contributed by atoms with Crippen LogP contribution in [0.15, 0.2) is 24.3 Å². The molecule has 0 saturated heterocycles. The molecule has 1 N–H and O–H groups in total. The highest BCUT2D eigenvalue weighted by atomic mass is 19.1. The van der Waals surface area contributed by atoms with E-state index in [2.05, 4.69) is 5.32 Å². The predicted octanol–water partition coefficient (Wildman–Crippen LogP) is 1.61. The third kappa shape index (κ3) is 4.09. The Labute approximate surface area is 106 Å². The summed E-state index contributed by atoms with van der Waals surface area (Å²) in [6.45, 7) is 2.52. The number of rotatable bonds is 6. The summed E-state index contributed by atoms with van der Waals surface area (Å²) >= 11 is 0. The fraction of sp³-hybridized carbons (Fsp3) is 0.462. The van der Waals surface area contributed by atoms with E-state index in [-0.39, 0.29) is 11.7 Å². The highest BCUT2D eigenvalue weighted by Gasteiger charge is 2.24. The minimum absolute atomic E-state index is 0.269. The Morgan fingerprint density at radius 2 is 1.94 bits per heavy atom. The molecule has 18 heavy (non-hydrogen) atoms. The molecule has 0 aliphatic heterocycles. The van der Waals surface area contributed by atoms with E-state index in [4.69, 9.17) is 9.47 Å². The fourth-order valence-electron chi connectivity index (χ4n) is 1.46. The molecule has 0 heterocycles. The van der Waals surface area contributed by atoms with E-state index in [0.29, 0.717) is 18.7 Å². The smallest absolute Gasteiger partial charge is 0.251 e. The molecule has 5 heteroatoms. The zero-order valence-electron chi connectivity index (χ0n) is 10.8. The van der Waals surface area contributed by atoms with Crippen LogP contribution in [-0.4, -0.2) is 38.9 Å². The summed E-state index contributed by atoms with van der Waals surface area (Å²) in [5.74, 6) is -0.637. The van der Waals surface area contributed by atoms with Gasteiger partial charge in [0.05, 0.1) is 6.61 Å². The molecule has 0 spiro atoms. The number of hydrogen-bond acceptors (Lipinski definition) is 3. The first kappa shape index (κ1) is 14.6. The maximum Gasteiger partial charge on any atom is 0.251 e. The van der Waals surface area contributed by atoms with E-state index in [9.17, 15) is 9.18 Å². The van der Waals surface area contributed by atoms with Crippen molar-refractivity contribution >= 4 is 5.91 Å². The van der Waals surface area contributed by atoms with Crippen LogP contribution in [-0.2, 0) is 9.47 Å². The van der Waals surface area contributed by atoms with Gasteiger partial charge in [-0.3, -0.25) is 4.79 Å². The fourth-order valence-corrected chi connectivity index (χ4v) is 1.46.